The van der Waals surface area contributed by atoms with E-state index in [2.05, 4.69) is 9.97 Å². The molecule has 0 spiro atoms. The van der Waals surface area contributed by atoms with Gasteiger partial charge in [0.2, 0.25) is 11.8 Å². The van der Waals surface area contributed by atoms with Gasteiger partial charge in [-0.2, -0.15) is 0 Å². The summed E-state index contributed by atoms with van der Waals surface area (Å²) in [4.78, 5) is 34.9. The molecule has 1 amide bonds. The lowest BCUT2D eigenvalue weighted by atomic mass is 10.0. The maximum atomic E-state index is 12.6. The SMILES string of the molecule is CCC(=O)N(C)c1ccc(-c2ccc(C(=O)CCc3cccnc3OC)cn2)c(C)c1. The van der Waals surface area contributed by atoms with Crippen molar-refractivity contribution in [2.75, 3.05) is 19.1 Å². The number of carbonyl (C=O) groups excluding carboxylic acids is 2. The molecule has 0 atom stereocenters. The Morgan fingerprint density at radius 3 is 2.55 bits per heavy atom. The van der Waals surface area contributed by atoms with Crippen molar-refractivity contribution < 1.29 is 14.3 Å². The van der Waals surface area contributed by atoms with E-state index in [0.29, 0.717) is 30.7 Å². The summed E-state index contributed by atoms with van der Waals surface area (Å²) in [7, 11) is 3.35. The highest BCUT2D eigenvalue weighted by atomic mass is 16.5. The van der Waals surface area contributed by atoms with Crippen molar-refractivity contribution in [3.63, 3.8) is 0 Å². The van der Waals surface area contributed by atoms with E-state index < -0.39 is 0 Å². The summed E-state index contributed by atoms with van der Waals surface area (Å²) in [5.41, 5.74) is 5.12. The molecule has 0 aliphatic heterocycles. The Bertz CT molecular complexity index is 1080. The number of aryl methyl sites for hydroxylation is 2. The zero-order valence-corrected chi connectivity index (χ0v) is 18.4. The number of amides is 1. The van der Waals surface area contributed by atoms with Gasteiger partial charge < -0.3 is 9.64 Å². The molecule has 0 aliphatic rings. The molecule has 3 rings (SSSR count). The van der Waals surface area contributed by atoms with Crippen molar-refractivity contribution in [1.82, 2.24) is 9.97 Å². The summed E-state index contributed by atoms with van der Waals surface area (Å²) in [5, 5.41) is 0. The van der Waals surface area contributed by atoms with Gasteiger partial charge in [-0.25, -0.2) is 4.98 Å². The molecule has 0 N–H and O–H groups in total. The van der Waals surface area contributed by atoms with Crippen LogP contribution in [0.5, 0.6) is 5.88 Å². The number of ether oxygens (including phenoxy) is 1. The van der Waals surface area contributed by atoms with Gasteiger partial charge in [0.25, 0.3) is 0 Å². The lowest BCUT2D eigenvalue weighted by Crippen LogP contribution is -2.25. The predicted molar refractivity (Wildman–Crippen MR) is 122 cm³/mol. The maximum Gasteiger partial charge on any atom is 0.226 e. The molecule has 0 saturated heterocycles. The van der Waals surface area contributed by atoms with E-state index in [-0.39, 0.29) is 11.7 Å². The topological polar surface area (TPSA) is 72.4 Å². The average Bonchev–Trinajstić information content (AvgIpc) is 2.81. The van der Waals surface area contributed by atoms with Gasteiger partial charge in [-0.1, -0.05) is 19.1 Å². The minimum absolute atomic E-state index is 0.0247. The van der Waals surface area contributed by atoms with E-state index in [9.17, 15) is 9.59 Å². The van der Waals surface area contributed by atoms with E-state index in [0.717, 1.165) is 28.1 Å². The van der Waals surface area contributed by atoms with Gasteiger partial charge in [-0.15, -0.1) is 0 Å². The Morgan fingerprint density at radius 2 is 1.90 bits per heavy atom. The van der Waals surface area contributed by atoms with Crippen LogP contribution >= 0.6 is 0 Å². The summed E-state index contributed by atoms with van der Waals surface area (Å²) < 4.78 is 5.25. The third-order valence-electron chi connectivity index (χ3n) is 5.30. The highest BCUT2D eigenvalue weighted by Gasteiger charge is 2.13. The average molecular weight is 418 g/mol. The third kappa shape index (κ3) is 5.15. The highest BCUT2D eigenvalue weighted by Crippen LogP contribution is 2.26. The molecule has 160 valence electrons. The maximum absolute atomic E-state index is 12.6. The number of hydrogen-bond donors (Lipinski definition) is 0. The van der Waals surface area contributed by atoms with Crippen molar-refractivity contribution >= 4 is 17.4 Å². The number of rotatable bonds is 8. The summed E-state index contributed by atoms with van der Waals surface area (Å²) in [6.45, 7) is 3.84. The van der Waals surface area contributed by atoms with Crippen molar-refractivity contribution in [3.8, 4) is 17.1 Å². The van der Waals surface area contributed by atoms with Crippen molar-refractivity contribution in [2.24, 2.45) is 0 Å². The molecule has 1 aromatic carbocycles. The number of ketones is 1. The Kier molecular flexibility index (Phi) is 7.13. The van der Waals surface area contributed by atoms with E-state index in [1.54, 1.807) is 31.5 Å². The molecule has 0 saturated carbocycles. The van der Waals surface area contributed by atoms with Crippen LogP contribution in [0.15, 0.2) is 54.9 Å². The largest absolute Gasteiger partial charge is 0.481 e. The molecule has 2 aromatic heterocycles. The lowest BCUT2D eigenvalue weighted by Gasteiger charge is -2.18. The predicted octanol–water partition coefficient (Wildman–Crippen LogP) is 4.65. The minimum Gasteiger partial charge on any atom is -0.481 e. The fourth-order valence-corrected chi connectivity index (χ4v) is 3.43. The van der Waals surface area contributed by atoms with Crippen LogP contribution in [0, 0.1) is 6.92 Å². The van der Waals surface area contributed by atoms with Gasteiger partial charge in [-0.05, 0) is 49.2 Å². The van der Waals surface area contributed by atoms with Crippen molar-refractivity contribution in [1.29, 1.82) is 0 Å². The molecule has 2 heterocycles. The first kappa shape index (κ1) is 22.2. The molecular weight excluding hydrogens is 390 g/mol. The van der Waals surface area contributed by atoms with Gasteiger partial charge in [0, 0.05) is 54.7 Å². The second kappa shape index (κ2) is 9.98. The Hall–Kier alpha value is -3.54. The summed E-state index contributed by atoms with van der Waals surface area (Å²) in [6.07, 6.45) is 4.66. The molecule has 3 aromatic rings. The zero-order chi connectivity index (χ0) is 22.4. The normalized spacial score (nSPS) is 10.6. The fourth-order valence-electron chi connectivity index (χ4n) is 3.43. The second-order valence-electron chi connectivity index (χ2n) is 7.33. The minimum atomic E-state index is 0.0247. The number of methoxy groups -OCH3 is 1. The summed E-state index contributed by atoms with van der Waals surface area (Å²) in [6, 6.07) is 13.3. The number of pyridine rings is 2. The molecule has 6 nitrogen and oxygen atoms in total. The first-order chi connectivity index (χ1) is 14.9. The Labute approximate surface area is 182 Å². The van der Waals surface area contributed by atoms with E-state index >= 15 is 0 Å². The van der Waals surface area contributed by atoms with Gasteiger partial charge >= 0.3 is 0 Å². The first-order valence-electron chi connectivity index (χ1n) is 10.3. The number of carbonyl (C=O) groups is 2. The van der Waals surface area contributed by atoms with Crippen LogP contribution in [0.3, 0.4) is 0 Å². The number of nitrogens with zero attached hydrogens (tertiary/aromatic N) is 3. The molecule has 0 radical (unpaired) electrons. The van der Waals surface area contributed by atoms with Gasteiger partial charge in [0.05, 0.1) is 12.8 Å². The fraction of sp³-hybridized carbons (Fsp3) is 0.280. The van der Waals surface area contributed by atoms with Crippen LogP contribution in [0.2, 0.25) is 0 Å². The number of Topliss-reactive ketones (excluding diaryl/α,β-unsaturated/α-hetero) is 1. The second-order valence-corrected chi connectivity index (χ2v) is 7.33. The quantitative estimate of drug-likeness (QED) is 0.499. The molecule has 0 aliphatic carbocycles. The van der Waals surface area contributed by atoms with Crippen LogP contribution in [0.25, 0.3) is 11.3 Å². The Morgan fingerprint density at radius 1 is 1.10 bits per heavy atom. The number of hydrogen-bond acceptors (Lipinski definition) is 5. The monoisotopic (exact) mass is 417 g/mol. The number of benzene rings is 1. The zero-order valence-electron chi connectivity index (χ0n) is 18.4. The molecular formula is C25H27N3O3. The standard InChI is InChI=1S/C25H27N3O3/c1-5-24(30)28(3)20-10-11-21(17(2)15-20)22-12-8-19(16-27-22)23(29)13-9-18-7-6-14-26-25(18)31-4/h6-8,10-12,14-16H,5,9,13H2,1-4H3. The van der Waals surface area contributed by atoms with Crippen LogP contribution in [0.1, 0.15) is 41.3 Å². The molecule has 0 fully saturated rings. The van der Waals surface area contributed by atoms with Crippen LogP contribution in [-0.4, -0.2) is 35.8 Å². The van der Waals surface area contributed by atoms with Crippen LogP contribution in [0.4, 0.5) is 5.69 Å². The highest BCUT2D eigenvalue weighted by molar-refractivity contribution is 5.96. The molecule has 31 heavy (non-hydrogen) atoms. The Balaban J connectivity index is 1.71. The molecule has 0 unspecified atom stereocenters. The van der Waals surface area contributed by atoms with E-state index in [1.165, 1.54) is 0 Å². The molecule has 6 heteroatoms. The van der Waals surface area contributed by atoms with E-state index in [1.807, 2.05) is 56.3 Å². The number of anilines is 1. The van der Waals surface area contributed by atoms with Crippen LogP contribution in [-0.2, 0) is 11.2 Å². The summed E-state index contributed by atoms with van der Waals surface area (Å²) >= 11 is 0. The lowest BCUT2D eigenvalue weighted by molar-refractivity contribution is -0.118. The third-order valence-corrected chi connectivity index (χ3v) is 5.30. The first-order valence-corrected chi connectivity index (χ1v) is 10.3. The van der Waals surface area contributed by atoms with Gasteiger partial charge in [0.15, 0.2) is 5.78 Å². The van der Waals surface area contributed by atoms with Crippen LogP contribution < -0.4 is 9.64 Å². The smallest absolute Gasteiger partial charge is 0.226 e. The van der Waals surface area contributed by atoms with Crippen molar-refractivity contribution in [3.05, 3.63) is 71.5 Å². The van der Waals surface area contributed by atoms with Gasteiger partial charge in [-0.3, -0.25) is 14.6 Å². The van der Waals surface area contributed by atoms with E-state index in [4.69, 9.17) is 4.74 Å². The molecule has 0 bridgehead atoms. The van der Waals surface area contributed by atoms with Gasteiger partial charge in [0.1, 0.15) is 0 Å². The summed E-state index contributed by atoms with van der Waals surface area (Å²) in [5.74, 6) is 0.641. The number of aromatic nitrogens is 2. The van der Waals surface area contributed by atoms with Crippen molar-refractivity contribution in [2.45, 2.75) is 33.1 Å².